The highest BCUT2D eigenvalue weighted by Crippen LogP contribution is 2.36. The van der Waals surface area contributed by atoms with Gasteiger partial charge in [0.15, 0.2) is 0 Å². The summed E-state index contributed by atoms with van der Waals surface area (Å²) in [5.74, 6) is 3.10. The van der Waals surface area contributed by atoms with E-state index in [1.165, 1.54) is 16.2 Å². The summed E-state index contributed by atoms with van der Waals surface area (Å²) < 4.78 is 10.4. The highest BCUT2D eigenvalue weighted by atomic mass is 32.2. The van der Waals surface area contributed by atoms with Crippen molar-refractivity contribution in [1.82, 2.24) is 9.97 Å². The monoisotopic (exact) mass is 323 g/mol. The molecule has 0 radical (unpaired) electrons. The van der Waals surface area contributed by atoms with Crippen molar-refractivity contribution in [2.45, 2.75) is 18.2 Å². The van der Waals surface area contributed by atoms with Gasteiger partial charge in [-0.25, -0.2) is 4.98 Å². The minimum Gasteiger partial charge on any atom is -0.480 e. The maximum atomic E-state index is 6.38. The van der Waals surface area contributed by atoms with Crippen LogP contribution in [0.2, 0.25) is 0 Å². The Morgan fingerprint density at radius 1 is 1.33 bits per heavy atom. The van der Waals surface area contributed by atoms with Crippen LogP contribution in [0.15, 0.2) is 12.3 Å². The zero-order valence-corrected chi connectivity index (χ0v) is 13.6. The molecular formula is C14H17N3O2S2. The first-order valence-corrected chi connectivity index (χ1v) is 8.59. The quantitative estimate of drug-likeness (QED) is 0.931. The van der Waals surface area contributed by atoms with Crippen LogP contribution in [0, 0.1) is 0 Å². The molecule has 2 aromatic rings. The minimum absolute atomic E-state index is 0.320. The van der Waals surface area contributed by atoms with E-state index in [2.05, 4.69) is 16.0 Å². The number of methoxy groups -OCH3 is 2. The van der Waals surface area contributed by atoms with E-state index in [0.29, 0.717) is 17.5 Å². The lowest BCUT2D eigenvalue weighted by Crippen LogP contribution is -2.14. The minimum atomic E-state index is -0.320. The van der Waals surface area contributed by atoms with E-state index in [-0.39, 0.29) is 6.04 Å². The lowest BCUT2D eigenvalue weighted by molar-refractivity contribution is 0.355. The van der Waals surface area contributed by atoms with Crippen molar-refractivity contribution in [3.8, 4) is 11.8 Å². The summed E-state index contributed by atoms with van der Waals surface area (Å²) in [6.45, 7) is 0. The molecule has 0 saturated heterocycles. The van der Waals surface area contributed by atoms with Crippen LogP contribution in [0.1, 0.15) is 27.1 Å². The molecule has 2 N–H and O–H groups in total. The number of nitrogens with zero attached hydrogens (tertiary/aromatic N) is 2. The topological polar surface area (TPSA) is 70.3 Å². The molecule has 0 saturated carbocycles. The first-order valence-electron chi connectivity index (χ1n) is 6.62. The average molecular weight is 323 g/mol. The lowest BCUT2D eigenvalue weighted by atomic mass is 10.1. The fourth-order valence-corrected chi connectivity index (χ4v) is 4.67. The summed E-state index contributed by atoms with van der Waals surface area (Å²) in [5.41, 5.74) is 8.42. The van der Waals surface area contributed by atoms with Crippen molar-refractivity contribution < 1.29 is 9.47 Å². The largest absolute Gasteiger partial charge is 0.480 e. The fraction of sp³-hybridized carbons (Fsp3) is 0.429. The van der Waals surface area contributed by atoms with Gasteiger partial charge in [-0.15, -0.1) is 11.3 Å². The SMILES string of the molecule is COc1cnc(C(N)c2cc3c(s2)CCSC3)c(OC)n1. The third-order valence-electron chi connectivity index (χ3n) is 3.40. The number of nitrogens with two attached hydrogens (primary N) is 1. The van der Waals surface area contributed by atoms with Gasteiger partial charge in [-0.2, -0.15) is 16.7 Å². The molecule has 3 rings (SSSR count). The number of hydrogen-bond donors (Lipinski definition) is 1. The normalized spacial score (nSPS) is 15.4. The van der Waals surface area contributed by atoms with Crippen molar-refractivity contribution in [2.75, 3.05) is 20.0 Å². The first kappa shape index (κ1) is 14.6. The van der Waals surface area contributed by atoms with Crippen molar-refractivity contribution in [2.24, 2.45) is 5.73 Å². The van der Waals surface area contributed by atoms with E-state index < -0.39 is 0 Å². The molecule has 112 valence electrons. The molecule has 1 aliphatic rings. The molecule has 0 aliphatic carbocycles. The summed E-state index contributed by atoms with van der Waals surface area (Å²) in [6, 6.07) is 1.88. The highest BCUT2D eigenvalue weighted by Gasteiger charge is 2.22. The summed E-state index contributed by atoms with van der Waals surface area (Å²) >= 11 is 3.74. The molecule has 0 aromatic carbocycles. The molecular weight excluding hydrogens is 306 g/mol. The molecule has 2 aromatic heterocycles. The van der Waals surface area contributed by atoms with Crippen LogP contribution in [0.5, 0.6) is 11.8 Å². The van der Waals surface area contributed by atoms with Crippen molar-refractivity contribution in [1.29, 1.82) is 0 Å². The van der Waals surface area contributed by atoms with E-state index >= 15 is 0 Å². The van der Waals surface area contributed by atoms with Gasteiger partial charge in [0.25, 0.3) is 0 Å². The molecule has 1 atom stereocenters. The van der Waals surface area contributed by atoms with Gasteiger partial charge in [-0.05, 0) is 23.8 Å². The molecule has 0 spiro atoms. The van der Waals surface area contributed by atoms with Gasteiger partial charge in [0.1, 0.15) is 5.69 Å². The summed E-state index contributed by atoms with van der Waals surface area (Å²) in [7, 11) is 3.11. The molecule has 0 bridgehead atoms. The maximum absolute atomic E-state index is 6.38. The van der Waals surface area contributed by atoms with E-state index in [9.17, 15) is 0 Å². The van der Waals surface area contributed by atoms with Gasteiger partial charge < -0.3 is 15.2 Å². The molecule has 21 heavy (non-hydrogen) atoms. The van der Waals surface area contributed by atoms with Crippen LogP contribution < -0.4 is 15.2 Å². The number of thiophene rings is 1. The smallest absolute Gasteiger partial charge is 0.240 e. The van der Waals surface area contributed by atoms with Crippen LogP contribution in [-0.2, 0) is 12.2 Å². The van der Waals surface area contributed by atoms with Crippen molar-refractivity contribution >= 4 is 23.1 Å². The molecule has 1 unspecified atom stereocenters. The van der Waals surface area contributed by atoms with Crippen LogP contribution in [-0.4, -0.2) is 29.9 Å². The molecule has 7 heteroatoms. The molecule has 0 amide bonds. The Bertz CT molecular complexity index is 622. The molecule has 1 aliphatic heterocycles. The Balaban J connectivity index is 1.94. The van der Waals surface area contributed by atoms with Crippen molar-refractivity contribution in [3.63, 3.8) is 0 Å². The fourth-order valence-electron chi connectivity index (χ4n) is 2.29. The predicted molar refractivity (Wildman–Crippen MR) is 85.4 cm³/mol. The Kier molecular flexibility index (Phi) is 4.32. The lowest BCUT2D eigenvalue weighted by Gasteiger charge is -2.13. The van der Waals surface area contributed by atoms with E-state index in [1.54, 1.807) is 31.8 Å². The molecule has 0 fully saturated rings. The number of thioether (sulfide) groups is 1. The van der Waals surface area contributed by atoms with E-state index in [4.69, 9.17) is 15.2 Å². The first-order chi connectivity index (χ1) is 10.2. The number of fused-ring (bicyclic) bond motifs is 1. The Morgan fingerprint density at radius 2 is 2.19 bits per heavy atom. The number of ether oxygens (including phenoxy) is 2. The summed E-state index contributed by atoms with van der Waals surface area (Å²) in [5, 5.41) is 0. The molecule has 5 nitrogen and oxygen atoms in total. The summed E-state index contributed by atoms with van der Waals surface area (Å²) in [6.07, 6.45) is 2.70. The maximum Gasteiger partial charge on any atom is 0.240 e. The standard InChI is InChI=1S/C14H17N3O2S2/c1-18-11-6-16-13(14(17-11)19-2)12(15)10-5-8-7-20-4-3-9(8)21-10/h5-6,12H,3-4,7,15H2,1-2H3. The third kappa shape index (κ3) is 2.86. The van der Waals surface area contributed by atoms with Crippen LogP contribution >= 0.6 is 23.1 Å². The second kappa shape index (κ2) is 6.21. The van der Waals surface area contributed by atoms with Crippen molar-refractivity contribution in [3.05, 3.63) is 33.3 Å². The highest BCUT2D eigenvalue weighted by molar-refractivity contribution is 7.98. The third-order valence-corrected chi connectivity index (χ3v) is 5.72. The molecule has 3 heterocycles. The van der Waals surface area contributed by atoms with Crippen LogP contribution in [0.25, 0.3) is 0 Å². The Hall–Kier alpha value is -1.31. The number of hydrogen-bond acceptors (Lipinski definition) is 7. The van der Waals surface area contributed by atoms with Gasteiger partial charge in [0.2, 0.25) is 11.8 Å². The van der Waals surface area contributed by atoms with Gasteiger partial charge in [0, 0.05) is 15.5 Å². The predicted octanol–water partition coefficient (Wildman–Crippen LogP) is 2.39. The number of aryl methyl sites for hydroxylation is 1. The Labute approximate surface area is 131 Å². The number of rotatable bonds is 4. The average Bonchev–Trinajstić information content (AvgIpc) is 2.97. The zero-order chi connectivity index (χ0) is 14.8. The van der Waals surface area contributed by atoms with E-state index in [1.807, 2.05) is 11.8 Å². The van der Waals surface area contributed by atoms with Gasteiger partial charge in [-0.3, -0.25) is 0 Å². The van der Waals surface area contributed by atoms with Crippen LogP contribution in [0.3, 0.4) is 0 Å². The van der Waals surface area contributed by atoms with Gasteiger partial charge >= 0.3 is 0 Å². The Morgan fingerprint density at radius 3 is 2.90 bits per heavy atom. The number of aromatic nitrogens is 2. The van der Waals surface area contributed by atoms with E-state index in [0.717, 1.165) is 17.1 Å². The van der Waals surface area contributed by atoms with Crippen LogP contribution in [0.4, 0.5) is 0 Å². The second-order valence-corrected chi connectivity index (χ2v) is 6.96. The van der Waals surface area contributed by atoms with Gasteiger partial charge in [0.05, 0.1) is 26.5 Å². The van der Waals surface area contributed by atoms with Gasteiger partial charge in [-0.1, -0.05) is 0 Å². The summed E-state index contributed by atoms with van der Waals surface area (Å²) in [4.78, 5) is 11.2. The zero-order valence-electron chi connectivity index (χ0n) is 12.0. The second-order valence-electron chi connectivity index (χ2n) is 4.68.